The van der Waals surface area contributed by atoms with Crippen LogP contribution in [0.3, 0.4) is 0 Å². The first-order valence-electron chi connectivity index (χ1n) is 18.7. The van der Waals surface area contributed by atoms with Crippen molar-refractivity contribution in [3.05, 3.63) is 136 Å². The molecule has 6 nitrogen and oxygen atoms in total. The van der Waals surface area contributed by atoms with Gasteiger partial charge in [0.15, 0.2) is 17.1 Å². The summed E-state index contributed by atoms with van der Waals surface area (Å²) in [6.45, 7) is -2.82. The smallest absolute Gasteiger partial charge is 0.383 e. The van der Waals surface area contributed by atoms with E-state index in [0.29, 0.717) is 27.6 Å². The zero-order valence-corrected chi connectivity index (χ0v) is 28.8. The third-order valence-electron chi connectivity index (χ3n) is 8.72. The summed E-state index contributed by atoms with van der Waals surface area (Å²) in [7, 11) is 1.46. The Morgan fingerprint density at radius 2 is 1.62 bits per heavy atom. The maximum Gasteiger partial charge on any atom is 0.416 e. The first-order chi connectivity index (χ1) is 26.7. The summed E-state index contributed by atoms with van der Waals surface area (Å²) in [5, 5.41) is 0.579. The molecule has 4 atom stereocenters. The Bertz CT molecular complexity index is 2210. The molecule has 1 saturated heterocycles. The first kappa shape index (κ1) is 32.2. The summed E-state index contributed by atoms with van der Waals surface area (Å²) in [5.41, 5.74) is 0.983. The van der Waals surface area contributed by atoms with E-state index in [9.17, 15) is 31.5 Å². The van der Waals surface area contributed by atoms with Crippen molar-refractivity contribution in [1.29, 1.82) is 0 Å². The van der Waals surface area contributed by atoms with E-state index < -0.39 is 67.7 Å². The number of fused-ring (bicyclic) bond motifs is 1. The number of carbonyl (C=O) groups is 1. The Labute approximate surface area is 308 Å². The Hall–Kier alpha value is -4.52. The van der Waals surface area contributed by atoms with E-state index in [2.05, 4.69) is 0 Å². The number of halogens is 5. The van der Waals surface area contributed by atoms with E-state index in [4.69, 9.17) is 10.2 Å². The standard InChI is InChI=1S/C40H38F5N3O3S/c1-51-22-21-46-19-17-32(18-20-46)47(24-27-9-11-28(12-10-27)29-13-15-31(16-14-29)40(43,44)45)37(50)25-48-35-8-3-2-6-33(35)36(49)23-38(48)52-26-30-5-4-7-34(41)39(30)42/h2-16,23,32H,17-22,24-26H2,1H3/i17D,18D,19D,20D. The number of benzene rings is 4. The monoisotopic (exact) mass is 739 g/mol. The number of amides is 1. The molecule has 0 spiro atoms. The summed E-state index contributed by atoms with van der Waals surface area (Å²) in [4.78, 5) is 30.7. The lowest BCUT2D eigenvalue weighted by molar-refractivity contribution is -0.137. The molecular formula is C40H38F5N3O3S. The van der Waals surface area contributed by atoms with Gasteiger partial charge in [-0.3, -0.25) is 9.59 Å². The van der Waals surface area contributed by atoms with Gasteiger partial charge in [-0.05, 0) is 59.8 Å². The van der Waals surface area contributed by atoms with Crippen molar-refractivity contribution in [1.82, 2.24) is 14.4 Å². The minimum atomic E-state index is -4.49. The first-order valence-corrected chi connectivity index (χ1v) is 17.4. The van der Waals surface area contributed by atoms with Crippen molar-refractivity contribution in [2.24, 2.45) is 0 Å². The minimum Gasteiger partial charge on any atom is -0.383 e. The highest BCUT2D eigenvalue weighted by molar-refractivity contribution is 7.98. The normalized spacial score (nSPS) is 22.0. The number of carbonyl (C=O) groups excluding carboxylic acids is 1. The fraction of sp³-hybridized carbons (Fsp3) is 0.300. The number of alkyl halides is 3. The Balaban J connectivity index is 1.37. The average Bonchev–Trinajstić information content (AvgIpc) is 3.18. The molecule has 4 aromatic carbocycles. The van der Waals surface area contributed by atoms with Gasteiger partial charge in [-0.1, -0.05) is 60.7 Å². The second kappa shape index (κ2) is 16.4. The van der Waals surface area contributed by atoms with E-state index in [1.165, 1.54) is 47.2 Å². The fourth-order valence-electron chi connectivity index (χ4n) is 5.90. The molecule has 1 fully saturated rings. The van der Waals surface area contributed by atoms with Gasteiger partial charge < -0.3 is 19.1 Å². The molecule has 0 saturated carbocycles. The van der Waals surface area contributed by atoms with Crippen LogP contribution in [0, 0.1) is 11.6 Å². The van der Waals surface area contributed by atoms with E-state index in [-0.39, 0.29) is 41.5 Å². The number of pyridine rings is 1. The molecule has 5 aromatic rings. The molecule has 1 aliphatic rings. The summed E-state index contributed by atoms with van der Waals surface area (Å²) in [5.74, 6) is -2.72. The van der Waals surface area contributed by atoms with Crippen LogP contribution < -0.4 is 5.43 Å². The summed E-state index contributed by atoms with van der Waals surface area (Å²) in [6, 6.07) is 21.9. The predicted molar refractivity (Wildman–Crippen MR) is 193 cm³/mol. The van der Waals surface area contributed by atoms with Crippen LogP contribution in [0.4, 0.5) is 22.0 Å². The van der Waals surface area contributed by atoms with Crippen molar-refractivity contribution in [3.63, 3.8) is 0 Å². The number of hydrogen-bond acceptors (Lipinski definition) is 5. The lowest BCUT2D eigenvalue weighted by Crippen LogP contribution is -2.48. The van der Waals surface area contributed by atoms with E-state index in [1.807, 2.05) is 0 Å². The van der Waals surface area contributed by atoms with Crippen molar-refractivity contribution < 1.29 is 37.0 Å². The number of para-hydroxylation sites is 1. The topological polar surface area (TPSA) is 54.8 Å². The molecule has 0 N–H and O–H groups in total. The predicted octanol–water partition coefficient (Wildman–Crippen LogP) is 8.40. The van der Waals surface area contributed by atoms with Crippen LogP contribution in [-0.2, 0) is 34.6 Å². The number of piperidine rings is 1. The van der Waals surface area contributed by atoms with Crippen molar-refractivity contribution >= 4 is 28.6 Å². The van der Waals surface area contributed by atoms with Crippen LogP contribution in [0.1, 0.15) is 35.0 Å². The molecule has 1 aliphatic heterocycles. The van der Waals surface area contributed by atoms with Gasteiger partial charge in [-0.2, -0.15) is 13.2 Å². The van der Waals surface area contributed by atoms with Gasteiger partial charge in [-0.15, -0.1) is 11.8 Å². The van der Waals surface area contributed by atoms with E-state index in [0.717, 1.165) is 30.0 Å². The Kier molecular flexibility index (Phi) is 10.2. The molecule has 6 rings (SSSR count). The Morgan fingerprint density at radius 3 is 2.29 bits per heavy atom. The molecule has 52 heavy (non-hydrogen) atoms. The second-order valence-corrected chi connectivity index (χ2v) is 13.1. The van der Waals surface area contributed by atoms with E-state index in [1.54, 1.807) is 53.1 Å². The van der Waals surface area contributed by atoms with Crippen LogP contribution in [0.2, 0.25) is 0 Å². The number of rotatable bonds is 12. The Morgan fingerprint density at radius 1 is 0.942 bits per heavy atom. The van der Waals surface area contributed by atoms with Crippen LogP contribution >= 0.6 is 11.8 Å². The maximum absolute atomic E-state index is 14.7. The SMILES string of the molecule is [2H]C1C(N(Cc2ccc(-c3ccc(C(F)(F)F)cc3)cc2)C(=O)Cn2c(SCc3cccc(F)c3F)cc(=O)c3ccccc32)C([2H])C([2H])N(CCOC)C1[2H]. The lowest BCUT2D eigenvalue weighted by Gasteiger charge is -2.39. The molecule has 4 unspecified atom stereocenters. The average molecular weight is 740 g/mol. The third-order valence-corrected chi connectivity index (χ3v) is 9.81. The molecular weight excluding hydrogens is 698 g/mol. The number of thioether (sulfide) groups is 1. The highest BCUT2D eigenvalue weighted by Gasteiger charge is 2.31. The maximum atomic E-state index is 14.7. The van der Waals surface area contributed by atoms with E-state index >= 15 is 0 Å². The largest absolute Gasteiger partial charge is 0.416 e. The number of aromatic nitrogens is 1. The molecule has 0 bridgehead atoms. The van der Waals surface area contributed by atoms with Gasteiger partial charge in [0.1, 0.15) is 6.54 Å². The molecule has 12 heteroatoms. The quantitative estimate of drug-likeness (QED) is 0.0951. The van der Waals surface area contributed by atoms with Crippen LogP contribution in [-0.4, -0.2) is 59.6 Å². The summed E-state index contributed by atoms with van der Waals surface area (Å²) >= 11 is 1.03. The van der Waals surface area contributed by atoms with Gasteiger partial charge in [-0.25, -0.2) is 8.78 Å². The van der Waals surface area contributed by atoms with Gasteiger partial charge in [0.2, 0.25) is 5.91 Å². The summed E-state index contributed by atoms with van der Waals surface area (Å²) in [6.07, 6.45) is -7.18. The van der Waals surface area contributed by atoms with Gasteiger partial charge in [0.05, 0.1) is 22.7 Å². The van der Waals surface area contributed by atoms with Gasteiger partial charge in [0.25, 0.3) is 0 Å². The molecule has 2 heterocycles. The molecule has 1 amide bonds. The molecule has 0 radical (unpaired) electrons. The second-order valence-electron chi connectivity index (χ2n) is 12.1. The zero-order chi connectivity index (χ0) is 40.3. The number of hydrogen-bond donors (Lipinski definition) is 0. The minimum absolute atomic E-state index is 0.0483. The van der Waals surface area contributed by atoms with Crippen molar-refractivity contribution in [2.45, 2.75) is 48.9 Å². The highest BCUT2D eigenvalue weighted by Crippen LogP contribution is 2.32. The lowest BCUT2D eigenvalue weighted by atomic mass is 10.00. The zero-order valence-electron chi connectivity index (χ0n) is 32.0. The van der Waals surface area contributed by atoms with Crippen LogP contribution in [0.25, 0.3) is 22.0 Å². The van der Waals surface area contributed by atoms with Crippen LogP contribution in [0.15, 0.2) is 107 Å². The van der Waals surface area contributed by atoms with Gasteiger partial charge >= 0.3 is 6.18 Å². The molecule has 0 aliphatic carbocycles. The highest BCUT2D eigenvalue weighted by atomic mass is 32.2. The number of likely N-dealkylation sites (tertiary alicyclic amines) is 1. The third kappa shape index (κ3) is 8.74. The number of ether oxygens (including phenoxy) is 1. The van der Waals surface area contributed by atoms with Crippen molar-refractivity contribution in [2.75, 3.05) is 33.3 Å². The number of nitrogens with zero attached hydrogens (tertiary/aromatic N) is 3. The number of methoxy groups -OCH3 is 1. The van der Waals surface area contributed by atoms with Gasteiger partial charge in [0, 0.05) is 67.5 Å². The molecule has 272 valence electrons. The van der Waals surface area contributed by atoms with Crippen molar-refractivity contribution in [3.8, 4) is 11.1 Å². The van der Waals surface area contributed by atoms with Crippen LogP contribution in [0.5, 0.6) is 0 Å². The molecule has 1 aromatic heterocycles. The fourth-order valence-corrected chi connectivity index (χ4v) is 6.94. The summed E-state index contributed by atoms with van der Waals surface area (Å²) < 4.78 is 111.